The highest BCUT2D eigenvalue weighted by molar-refractivity contribution is 6.01. The summed E-state index contributed by atoms with van der Waals surface area (Å²) in [4.78, 5) is 38.2. The Kier molecular flexibility index (Phi) is 10.7. The Bertz CT molecular complexity index is 2250. The van der Waals surface area contributed by atoms with Crippen LogP contribution in [0, 0.1) is 34.5 Å². The molecule has 306 valence electrons. The Balaban J connectivity index is 1.06. The number of fused-ring (bicyclic) bond motifs is 5. The van der Waals surface area contributed by atoms with E-state index in [1.54, 1.807) is 41.4 Å². The van der Waals surface area contributed by atoms with Crippen molar-refractivity contribution in [3.05, 3.63) is 76.1 Å². The minimum Gasteiger partial charge on any atom is -0.504 e. The zero-order chi connectivity index (χ0) is 40.8. The van der Waals surface area contributed by atoms with Crippen molar-refractivity contribution >= 4 is 41.3 Å². The number of aromatic nitrogens is 2. The van der Waals surface area contributed by atoms with Gasteiger partial charge in [0.25, 0.3) is 5.56 Å². The van der Waals surface area contributed by atoms with Crippen LogP contribution in [-0.4, -0.2) is 63.9 Å². The first-order chi connectivity index (χ1) is 27.9. The second-order valence-electron chi connectivity index (χ2n) is 17.4. The van der Waals surface area contributed by atoms with Gasteiger partial charge in [0.15, 0.2) is 28.8 Å². The number of H-pyrrole nitrogens is 1. The molecule has 3 aromatic rings. The summed E-state index contributed by atoms with van der Waals surface area (Å²) in [5.74, 6) is 3.80. The lowest BCUT2D eigenvalue weighted by atomic mass is 9.45. The van der Waals surface area contributed by atoms with Crippen LogP contribution in [0.1, 0.15) is 96.1 Å². The summed E-state index contributed by atoms with van der Waals surface area (Å²) in [5, 5.41) is 26.9. The Labute approximate surface area is 339 Å². The fourth-order valence-electron chi connectivity index (χ4n) is 11.3. The topological polar surface area (TPSA) is 159 Å². The lowest BCUT2D eigenvalue weighted by molar-refractivity contribution is -0.158. The minimum atomic E-state index is -0.302. The van der Waals surface area contributed by atoms with Gasteiger partial charge in [0.1, 0.15) is 6.10 Å². The summed E-state index contributed by atoms with van der Waals surface area (Å²) >= 11 is 0. The van der Waals surface area contributed by atoms with Crippen molar-refractivity contribution in [2.24, 2.45) is 44.6 Å². The zero-order valence-electron chi connectivity index (χ0n) is 34.1. The molecule has 3 N–H and O–H groups in total. The molecule has 8 atom stereocenters. The number of benzene rings is 2. The number of nitrogens with zero attached hydrogens (tertiary/aromatic N) is 4. The number of allylic oxidation sites excluding steroid dienone is 1. The van der Waals surface area contributed by atoms with E-state index in [0.717, 1.165) is 67.5 Å². The molecule has 4 aliphatic carbocycles. The zero-order valence-corrected chi connectivity index (χ0v) is 34.1. The standard InChI is InChI=1S/C46H55N5O7/c1-27(52)58-33-18-20-45(2)30(24-33)10-13-34-35-14-17-41(46(35,3)21-19-36(34)45)47-42-26-43(55)49-44(48-42)51-32(12-7-29-9-16-38(54)40(23-29)57-5)25-31(50-51)11-6-28-8-15-37(53)39(22-28)56-4/h6-9,11-12,15-16,22-23,26,30,32-36,53-54H,10,13-14,17-21,24-25H2,1-5H3,(H,48,49,55)/b11-6+,12-7+,47-41?/t30-,32?,33-,34-,35-,36-,45-,46-/m0/s1. The number of carbonyl (C=O) groups is 1. The molecule has 12 heteroatoms. The first-order valence-electron chi connectivity index (χ1n) is 20.7. The number of anilines is 1. The molecule has 2 heterocycles. The van der Waals surface area contributed by atoms with Gasteiger partial charge in [-0.2, -0.15) is 10.1 Å². The summed E-state index contributed by atoms with van der Waals surface area (Å²) in [5.41, 5.74) is 3.47. The molecule has 1 aromatic heterocycles. The van der Waals surface area contributed by atoms with Gasteiger partial charge in [0.2, 0.25) is 5.95 Å². The molecule has 4 saturated carbocycles. The SMILES string of the molecule is COc1cc(/C=C/C2=NN(c3nc(N=C4CC[C@H]5[C@@H]6CC[C@H]7C[C@@H](OC(C)=O)CC[C@]7(C)[C@H]6CC[C@]45C)cc(=O)[nH]3)C(/C=C/c3ccc(O)c(OC)c3)C2)ccc1O. The van der Waals surface area contributed by atoms with Crippen molar-refractivity contribution in [3.8, 4) is 23.0 Å². The number of esters is 1. The lowest BCUT2D eigenvalue weighted by Gasteiger charge is -2.60. The molecule has 58 heavy (non-hydrogen) atoms. The van der Waals surface area contributed by atoms with Gasteiger partial charge in [-0.25, -0.2) is 10.0 Å². The maximum absolute atomic E-state index is 13.3. The number of nitrogens with one attached hydrogen (secondary N) is 1. The van der Waals surface area contributed by atoms with Crippen LogP contribution >= 0.6 is 0 Å². The average molecular weight is 790 g/mol. The molecule has 0 amide bonds. The Hall–Kier alpha value is -5.39. The first kappa shape index (κ1) is 39.4. The van der Waals surface area contributed by atoms with Crippen molar-refractivity contribution < 1.29 is 29.2 Å². The molecule has 0 saturated heterocycles. The summed E-state index contributed by atoms with van der Waals surface area (Å²) in [6.45, 7) is 6.44. The van der Waals surface area contributed by atoms with Gasteiger partial charge in [0, 0.05) is 30.5 Å². The fourth-order valence-corrected chi connectivity index (χ4v) is 11.3. The van der Waals surface area contributed by atoms with Gasteiger partial charge in [-0.05, 0) is 128 Å². The molecule has 5 aliphatic rings. The van der Waals surface area contributed by atoms with E-state index in [9.17, 15) is 19.8 Å². The van der Waals surface area contributed by atoms with Crippen molar-refractivity contribution in [1.82, 2.24) is 9.97 Å². The van der Waals surface area contributed by atoms with E-state index in [4.69, 9.17) is 29.3 Å². The molecule has 0 radical (unpaired) electrons. The summed E-state index contributed by atoms with van der Waals surface area (Å²) < 4.78 is 16.3. The fraction of sp³-hybridized carbons (Fsp3) is 0.500. The second kappa shape index (κ2) is 15.8. The normalized spacial score (nSPS) is 31.2. The molecule has 0 bridgehead atoms. The second-order valence-corrected chi connectivity index (χ2v) is 17.4. The smallest absolute Gasteiger partial charge is 0.302 e. The predicted octanol–water partition coefficient (Wildman–Crippen LogP) is 8.61. The quantitative estimate of drug-likeness (QED) is 0.181. The molecule has 0 spiro atoms. The number of phenols is 2. The number of carbonyl (C=O) groups excluding carboxylic acids is 1. The highest BCUT2D eigenvalue weighted by Crippen LogP contribution is 2.66. The molecular weight excluding hydrogens is 735 g/mol. The monoisotopic (exact) mass is 789 g/mol. The molecular formula is C46H55N5O7. The maximum atomic E-state index is 13.3. The van der Waals surface area contributed by atoms with E-state index < -0.39 is 0 Å². The summed E-state index contributed by atoms with van der Waals surface area (Å²) in [6.07, 6.45) is 18.0. The van der Waals surface area contributed by atoms with E-state index >= 15 is 0 Å². The van der Waals surface area contributed by atoms with Crippen LogP contribution in [0.15, 0.2) is 69.5 Å². The number of aliphatic imine (C=N–C) groups is 1. The number of hydrazone groups is 1. The summed E-state index contributed by atoms with van der Waals surface area (Å²) in [6, 6.07) is 11.5. The third kappa shape index (κ3) is 7.53. The van der Waals surface area contributed by atoms with Gasteiger partial charge >= 0.3 is 5.97 Å². The van der Waals surface area contributed by atoms with Crippen LogP contribution in [-0.2, 0) is 9.53 Å². The number of aromatic amines is 1. The third-order valence-electron chi connectivity index (χ3n) is 14.2. The molecule has 1 unspecified atom stereocenters. The van der Waals surface area contributed by atoms with Crippen LogP contribution < -0.4 is 20.0 Å². The van der Waals surface area contributed by atoms with Crippen LogP contribution in [0.3, 0.4) is 0 Å². The third-order valence-corrected chi connectivity index (χ3v) is 14.2. The van der Waals surface area contributed by atoms with E-state index in [1.165, 1.54) is 40.1 Å². The lowest BCUT2D eigenvalue weighted by Crippen LogP contribution is -2.54. The Morgan fingerprint density at radius 1 is 0.914 bits per heavy atom. The van der Waals surface area contributed by atoms with Gasteiger partial charge in [0.05, 0.1) is 26.0 Å². The number of hydrogen-bond donors (Lipinski definition) is 3. The van der Waals surface area contributed by atoms with Crippen LogP contribution in [0.4, 0.5) is 11.8 Å². The van der Waals surface area contributed by atoms with E-state index in [0.29, 0.717) is 53.4 Å². The van der Waals surface area contributed by atoms with Crippen molar-refractivity contribution in [2.75, 3.05) is 19.2 Å². The molecule has 1 aliphatic heterocycles. The van der Waals surface area contributed by atoms with Crippen LogP contribution in [0.2, 0.25) is 0 Å². The number of rotatable bonds is 9. The Morgan fingerprint density at radius 2 is 1.64 bits per heavy atom. The van der Waals surface area contributed by atoms with Crippen molar-refractivity contribution in [3.63, 3.8) is 0 Å². The van der Waals surface area contributed by atoms with E-state index in [-0.39, 0.29) is 46.0 Å². The first-order valence-corrected chi connectivity index (χ1v) is 20.7. The maximum Gasteiger partial charge on any atom is 0.302 e. The highest BCUT2D eigenvalue weighted by Gasteiger charge is 2.59. The number of aromatic hydroxyl groups is 2. The van der Waals surface area contributed by atoms with Crippen molar-refractivity contribution in [2.45, 2.75) is 97.1 Å². The number of phenolic OH excluding ortho intramolecular Hbond substituents is 2. The van der Waals surface area contributed by atoms with Crippen LogP contribution in [0.5, 0.6) is 23.0 Å². The number of ether oxygens (including phenoxy) is 3. The van der Waals surface area contributed by atoms with Gasteiger partial charge in [-0.3, -0.25) is 14.6 Å². The average Bonchev–Trinajstić information content (AvgIpc) is 3.77. The summed E-state index contributed by atoms with van der Waals surface area (Å²) in [7, 11) is 3.02. The molecule has 4 fully saturated rings. The molecule has 8 rings (SSSR count). The van der Waals surface area contributed by atoms with Crippen LogP contribution in [0.25, 0.3) is 12.2 Å². The minimum absolute atomic E-state index is 0.0525. The van der Waals surface area contributed by atoms with Gasteiger partial charge < -0.3 is 24.4 Å². The molecule has 12 nitrogen and oxygen atoms in total. The highest BCUT2D eigenvalue weighted by atomic mass is 16.5. The van der Waals surface area contributed by atoms with E-state index in [2.05, 4.69) is 18.8 Å². The number of hydrogen-bond acceptors (Lipinski definition) is 11. The van der Waals surface area contributed by atoms with Gasteiger partial charge in [-0.15, -0.1) is 0 Å². The van der Waals surface area contributed by atoms with Gasteiger partial charge in [-0.1, -0.05) is 44.2 Å². The van der Waals surface area contributed by atoms with Crippen molar-refractivity contribution in [1.29, 1.82) is 0 Å². The largest absolute Gasteiger partial charge is 0.504 e. The molecule has 2 aromatic carbocycles. The van der Waals surface area contributed by atoms with E-state index in [1.807, 2.05) is 24.3 Å². The Morgan fingerprint density at radius 3 is 2.34 bits per heavy atom. The predicted molar refractivity (Wildman–Crippen MR) is 225 cm³/mol. The number of methoxy groups -OCH3 is 2.